The monoisotopic (exact) mass is 411 g/mol. The molecule has 3 N–H and O–H groups in total. The maximum Gasteiger partial charge on any atom is 0.225 e. The minimum Gasteiger partial charge on any atom is -0.361 e. The van der Waals surface area contributed by atoms with Crippen molar-refractivity contribution in [1.82, 2.24) is 20.5 Å². The van der Waals surface area contributed by atoms with E-state index in [0.717, 1.165) is 64.1 Å². The van der Waals surface area contributed by atoms with Gasteiger partial charge < -0.3 is 20.5 Å². The summed E-state index contributed by atoms with van der Waals surface area (Å²) < 4.78 is 0. The Morgan fingerprint density at radius 3 is 2.67 bits per heavy atom. The Morgan fingerprint density at radius 2 is 1.97 bits per heavy atom. The summed E-state index contributed by atoms with van der Waals surface area (Å²) in [4.78, 5) is 22.3. The number of aromatic amines is 1. The lowest BCUT2D eigenvalue weighted by Crippen LogP contribution is -2.50. The zero-order valence-corrected chi connectivity index (χ0v) is 18.7. The second-order valence-corrected chi connectivity index (χ2v) is 8.22. The van der Waals surface area contributed by atoms with Crippen molar-refractivity contribution in [3.8, 4) is 0 Å². The Morgan fingerprint density at radius 1 is 1.23 bits per heavy atom. The fraction of sp³-hybridized carbons (Fsp3) is 0.583. The van der Waals surface area contributed by atoms with E-state index in [9.17, 15) is 4.79 Å². The third kappa shape index (κ3) is 5.55. The van der Waals surface area contributed by atoms with Gasteiger partial charge in [-0.3, -0.25) is 9.79 Å². The number of hydrogen-bond donors (Lipinski definition) is 3. The number of likely N-dealkylation sites (tertiary alicyclic amines) is 1. The van der Waals surface area contributed by atoms with Crippen LogP contribution in [0.15, 0.2) is 35.5 Å². The zero-order valence-electron chi connectivity index (χ0n) is 18.7. The molecule has 0 radical (unpaired) electrons. The summed E-state index contributed by atoms with van der Waals surface area (Å²) in [5, 5.41) is 8.30. The van der Waals surface area contributed by atoms with Crippen LogP contribution in [-0.4, -0.2) is 54.5 Å². The van der Waals surface area contributed by atoms with Crippen LogP contribution in [0.25, 0.3) is 10.9 Å². The average Bonchev–Trinajstić information content (AvgIpc) is 3.20. The number of piperidine rings is 1. The van der Waals surface area contributed by atoms with Crippen LogP contribution < -0.4 is 10.6 Å². The van der Waals surface area contributed by atoms with Gasteiger partial charge in [0, 0.05) is 55.7 Å². The van der Waals surface area contributed by atoms with E-state index < -0.39 is 0 Å². The first-order valence-electron chi connectivity index (χ1n) is 11.5. The summed E-state index contributed by atoms with van der Waals surface area (Å²) in [6, 6.07) is 8.82. The standard InChI is InChI=1S/C24H37N5O/c1-4-18(5-2)23(30)29-15-12-20(13-16-29)28-24(25-3)26-14-8-9-19-17-27-22-11-7-6-10-21(19)22/h6-7,10-11,17-18,20,27H,4-5,8-9,12-16H2,1-3H3,(H2,25,26,28). The van der Waals surface area contributed by atoms with Crippen LogP contribution in [-0.2, 0) is 11.2 Å². The topological polar surface area (TPSA) is 72.5 Å². The van der Waals surface area contributed by atoms with Gasteiger partial charge in [0.1, 0.15) is 0 Å². The molecule has 0 saturated carbocycles. The van der Waals surface area contributed by atoms with Crippen molar-refractivity contribution in [1.29, 1.82) is 0 Å². The molecule has 1 aromatic carbocycles. The van der Waals surface area contributed by atoms with Gasteiger partial charge in [0.25, 0.3) is 0 Å². The normalized spacial score (nSPS) is 15.7. The fourth-order valence-electron chi connectivity index (χ4n) is 4.35. The van der Waals surface area contributed by atoms with E-state index in [0.29, 0.717) is 11.9 Å². The van der Waals surface area contributed by atoms with Crippen LogP contribution in [0.3, 0.4) is 0 Å². The van der Waals surface area contributed by atoms with E-state index in [-0.39, 0.29) is 5.92 Å². The summed E-state index contributed by atoms with van der Waals surface area (Å²) in [6.45, 7) is 6.77. The van der Waals surface area contributed by atoms with Crippen molar-refractivity contribution in [2.75, 3.05) is 26.7 Å². The molecule has 0 bridgehead atoms. The molecule has 30 heavy (non-hydrogen) atoms. The first-order valence-corrected chi connectivity index (χ1v) is 11.5. The van der Waals surface area contributed by atoms with Gasteiger partial charge in [-0.1, -0.05) is 32.0 Å². The second-order valence-electron chi connectivity index (χ2n) is 8.22. The average molecular weight is 412 g/mol. The molecule has 164 valence electrons. The summed E-state index contributed by atoms with van der Waals surface area (Å²) >= 11 is 0. The molecule has 0 aliphatic carbocycles. The highest BCUT2D eigenvalue weighted by Gasteiger charge is 2.26. The van der Waals surface area contributed by atoms with Crippen LogP contribution in [0.5, 0.6) is 0 Å². The molecule has 2 heterocycles. The predicted molar refractivity (Wildman–Crippen MR) is 125 cm³/mol. The number of para-hydroxylation sites is 1. The number of fused-ring (bicyclic) bond motifs is 1. The van der Waals surface area contributed by atoms with Crippen LogP contribution >= 0.6 is 0 Å². The first-order chi connectivity index (χ1) is 14.7. The van der Waals surface area contributed by atoms with Crippen molar-refractivity contribution in [2.24, 2.45) is 10.9 Å². The fourth-order valence-corrected chi connectivity index (χ4v) is 4.35. The van der Waals surface area contributed by atoms with E-state index in [2.05, 4.69) is 64.9 Å². The number of rotatable bonds is 8. The highest BCUT2D eigenvalue weighted by atomic mass is 16.2. The lowest BCUT2D eigenvalue weighted by Gasteiger charge is -2.34. The van der Waals surface area contributed by atoms with Gasteiger partial charge in [-0.05, 0) is 50.2 Å². The molecule has 1 aliphatic rings. The molecular formula is C24H37N5O. The molecule has 0 spiro atoms. The van der Waals surface area contributed by atoms with E-state index in [1.807, 2.05) is 11.9 Å². The lowest BCUT2D eigenvalue weighted by molar-refractivity contribution is -0.136. The number of aromatic nitrogens is 1. The van der Waals surface area contributed by atoms with Gasteiger partial charge in [0.2, 0.25) is 5.91 Å². The van der Waals surface area contributed by atoms with Crippen molar-refractivity contribution < 1.29 is 4.79 Å². The van der Waals surface area contributed by atoms with Crippen molar-refractivity contribution in [3.63, 3.8) is 0 Å². The van der Waals surface area contributed by atoms with Crippen molar-refractivity contribution in [2.45, 2.75) is 58.4 Å². The van der Waals surface area contributed by atoms with Crippen LogP contribution in [0.2, 0.25) is 0 Å². The molecule has 1 fully saturated rings. The molecule has 1 aromatic heterocycles. The van der Waals surface area contributed by atoms with E-state index in [1.165, 1.54) is 16.5 Å². The number of aryl methyl sites for hydroxylation is 1. The second kappa shape index (κ2) is 11.0. The van der Waals surface area contributed by atoms with E-state index in [1.54, 1.807) is 0 Å². The molecule has 6 heteroatoms. The van der Waals surface area contributed by atoms with Crippen LogP contribution in [0.4, 0.5) is 0 Å². The van der Waals surface area contributed by atoms with E-state index >= 15 is 0 Å². The Kier molecular flexibility index (Phi) is 8.17. The molecule has 1 saturated heterocycles. The summed E-state index contributed by atoms with van der Waals surface area (Å²) in [6.07, 6.45) is 8.01. The molecule has 0 atom stereocenters. The van der Waals surface area contributed by atoms with Gasteiger partial charge in [-0.2, -0.15) is 0 Å². The number of amides is 1. The number of carbonyl (C=O) groups is 1. The van der Waals surface area contributed by atoms with Gasteiger partial charge in [0.15, 0.2) is 5.96 Å². The zero-order chi connectivity index (χ0) is 21.3. The quantitative estimate of drug-likeness (QED) is 0.352. The van der Waals surface area contributed by atoms with Crippen LogP contribution in [0, 0.1) is 5.92 Å². The number of hydrogen-bond acceptors (Lipinski definition) is 2. The first kappa shape index (κ1) is 22.2. The Labute approximate surface area is 180 Å². The Hall–Kier alpha value is -2.50. The number of H-pyrrole nitrogens is 1. The maximum atomic E-state index is 12.6. The number of aliphatic imine (C=N–C) groups is 1. The lowest BCUT2D eigenvalue weighted by atomic mass is 9.98. The van der Waals surface area contributed by atoms with Gasteiger partial charge >= 0.3 is 0 Å². The molecule has 0 unspecified atom stereocenters. The van der Waals surface area contributed by atoms with Crippen molar-refractivity contribution in [3.05, 3.63) is 36.0 Å². The minimum atomic E-state index is 0.182. The molecule has 3 rings (SSSR count). The summed E-state index contributed by atoms with van der Waals surface area (Å²) in [7, 11) is 1.82. The van der Waals surface area contributed by atoms with E-state index in [4.69, 9.17) is 0 Å². The van der Waals surface area contributed by atoms with Crippen molar-refractivity contribution >= 4 is 22.8 Å². The highest BCUT2D eigenvalue weighted by molar-refractivity contribution is 5.83. The molecular weight excluding hydrogens is 374 g/mol. The van der Waals surface area contributed by atoms with Gasteiger partial charge in [-0.25, -0.2) is 0 Å². The molecule has 2 aromatic rings. The number of carbonyl (C=O) groups excluding carboxylic acids is 1. The number of nitrogens with zero attached hydrogens (tertiary/aromatic N) is 2. The number of guanidine groups is 1. The number of benzene rings is 1. The summed E-state index contributed by atoms with van der Waals surface area (Å²) in [5.74, 6) is 1.37. The largest absolute Gasteiger partial charge is 0.361 e. The smallest absolute Gasteiger partial charge is 0.225 e. The van der Waals surface area contributed by atoms with Gasteiger partial charge in [-0.15, -0.1) is 0 Å². The molecule has 1 aliphatic heterocycles. The Bertz CT molecular complexity index is 831. The SMILES string of the molecule is CCC(CC)C(=O)N1CCC(NC(=NC)NCCCc2c[nH]c3ccccc23)CC1. The van der Waals surface area contributed by atoms with Gasteiger partial charge in [0.05, 0.1) is 0 Å². The Balaban J connectivity index is 1.38. The predicted octanol–water partition coefficient (Wildman–Crippen LogP) is 3.69. The third-order valence-electron chi connectivity index (χ3n) is 6.30. The maximum absolute atomic E-state index is 12.6. The van der Waals surface area contributed by atoms with Crippen LogP contribution in [0.1, 0.15) is 51.5 Å². The summed E-state index contributed by atoms with van der Waals surface area (Å²) in [5.41, 5.74) is 2.57. The molecule has 1 amide bonds. The highest BCUT2D eigenvalue weighted by Crippen LogP contribution is 2.19. The number of nitrogens with one attached hydrogen (secondary N) is 3. The minimum absolute atomic E-state index is 0.182. The third-order valence-corrected chi connectivity index (χ3v) is 6.30. The molecule has 6 nitrogen and oxygen atoms in total.